The second kappa shape index (κ2) is 21.5. The summed E-state index contributed by atoms with van der Waals surface area (Å²) in [6.45, 7) is 7.61. The molecule has 8 aromatic rings. The Morgan fingerprint density at radius 3 is 1.51 bits per heavy atom. The topological polar surface area (TPSA) is 186 Å². The number of ether oxygens (including phenoxy) is 4. The lowest BCUT2D eigenvalue weighted by molar-refractivity contribution is 0.301. The average molecular weight is 905 g/mol. The molecule has 0 atom stereocenters. The maximum atomic E-state index is 9.69. The first-order valence-electron chi connectivity index (χ1n) is 20.6. The minimum Gasteiger partial charge on any atom is -0.494 e. The Hall–Kier alpha value is -7.84. The fraction of sp³-hybridized carbons (Fsp3) is 0.160. The van der Waals surface area contributed by atoms with Gasteiger partial charge in [0.2, 0.25) is 0 Å². The summed E-state index contributed by atoms with van der Waals surface area (Å²) in [6.07, 6.45) is 7.32. The van der Waals surface area contributed by atoms with Crippen molar-refractivity contribution in [1.29, 1.82) is 10.5 Å². The van der Waals surface area contributed by atoms with E-state index in [2.05, 4.69) is 49.6 Å². The third-order valence-corrected chi connectivity index (χ3v) is 10.5. The van der Waals surface area contributed by atoms with Crippen LogP contribution in [-0.2, 0) is 19.6 Å². The van der Waals surface area contributed by atoms with Crippen molar-refractivity contribution in [3.63, 3.8) is 0 Å². The maximum Gasteiger partial charge on any atom is 0.144 e. The van der Waals surface area contributed by atoms with Gasteiger partial charge >= 0.3 is 0 Å². The number of hydrogen-bond donors (Lipinski definition) is 3. The van der Waals surface area contributed by atoms with E-state index in [1.807, 2.05) is 74.5 Å². The number of nitrogens with two attached hydrogens (primary N) is 1. The fourth-order valence-electron chi connectivity index (χ4n) is 6.74. The van der Waals surface area contributed by atoms with E-state index in [0.717, 1.165) is 45.7 Å². The third kappa shape index (κ3) is 11.0. The zero-order valence-corrected chi connectivity index (χ0v) is 37.2. The molecule has 15 heteroatoms. The number of halogens is 2. The van der Waals surface area contributed by atoms with Gasteiger partial charge in [-0.25, -0.2) is 0 Å². The van der Waals surface area contributed by atoms with Crippen molar-refractivity contribution < 1.29 is 18.9 Å². The summed E-state index contributed by atoms with van der Waals surface area (Å²) < 4.78 is 22.9. The Morgan fingerprint density at radius 2 is 1.06 bits per heavy atom. The zero-order valence-electron chi connectivity index (χ0n) is 35.7. The van der Waals surface area contributed by atoms with E-state index in [-0.39, 0.29) is 0 Å². The first-order chi connectivity index (χ1) is 31.7. The standard InChI is InChI=1S/C26H23ClN4O2.C24H20ClN5O2/c1-3-17-11-21-23(13-25(17)32-4-2)30-15-18(14-28)26(21)31-19-8-9-24(22(27)12-19)33-16-20-7-5-6-10-29-20;1-2-31-23-11-21-18(10-20(23)27)24(15(12-26)13-29-21)30-16-6-7-22(19(25)9-16)32-14-17-5-3-4-8-28-17/h5-13,15H,3-4,16H2,1-2H3,(H,30,31);3-11,13H,2,14,27H2,1H3,(H,29,30). The monoisotopic (exact) mass is 903 g/mol. The highest BCUT2D eigenvalue weighted by Gasteiger charge is 2.16. The van der Waals surface area contributed by atoms with Gasteiger partial charge in [0.15, 0.2) is 0 Å². The largest absolute Gasteiger partial charge is 0.494 e. The highest BCUT2D eigenvalue weighted by Crippen LogP contribution is 2.38. The SMILES string of the molecule is CCOc1cc2ncc(C#N)c(Nc3ccc(OCc4ccccn4)c(Cl)c3)c2cc1CC.CCOc1cc2ncc(C#N)c(Nc3ccc(OCc4ccccn4)c(Cl)c3)c2cc1N. The molecule has 0 saturated heterocycles. The van der Waals surface area contributed by atoms with Crippen LogP contribution in [0.25, 0.3) is 21.8 Å². The lowest BCUT2D eigenvalue weighted by Gasteiger charge is -2.16. The molecule has 4 heterocycles. The Bertz CT molecular complexity index is 3040. The van der Waals surface area contributed by atoms with Crippen LogP contribution < -0.4 is 35.3 Å². The van der Waals surface area contributed by atoms with Gasteiger partial charge < -0.3 is 35.3 Å². The van der Waals surface area contributed by atoms with Crippen molar-refractivity contribution in [2.75, 3.05) is 29.6 Å². The lowest BCUT2D eigenvalue weighted by Crippen LogP contribution is -2.01. The number of nitrogen functional groups attached to an aromatic ring is 1. The predicted molar refractivity (Wildman–Crippen MR) is 256 cm³/mol. The van der Waals surface area contributed by atoms with E-state index < -0.39 is 0 Å². The van der Waals surface area contributed by atoms with E-state index in [0.29, 0.717) is 98.5 Å². The molecule has 65 heavy (non-hydrogen) atoms. The van der Waals surface area contributed by atoms with Crippen LogP contribution in [0.3, 0.4) is 0 Å². The Labute approximate surface area is 386 Å². The summed E-state index contributed by atoms with van der Waals surface area (Å²) >= 11 is 12.9. The molecule has 0 aliphatic heterocycles. The number of nitriles is 2. The minimum atomic E-state index is 0.308. The van der Waals surface area contributed by atoms with E-state index in [1.165, 1.54) is 6.20 Å². The zero-order chi connectivity index (χ0) is 45.7. The molecule has 8 rings (SSSR count). The summed E-state index contributed by atoms with van der Waals surface area (Å²) in [5, 5.41) is 28.4. The number of anilines is 5. The number of fused-ring (bicyclic) bond motifs is 2. The number of aryl methyl sites for hydroxylation is 1. The van der Waals surface area contributed by atoms with Gasteiger partial charge in [0.05, 0.1) is 73.9 Å². The normalized spacial score (nSPS) is 10.6. The molecule has 4 N–H and O–H groups in total. The van der Waals surface area contributed by atoms with Gasteiger partial charge in [0.1, 0.15) is 48.4 Å². The Morgan fingerprint density at radius 1 is 0.569 bits per heavy atom. The molecule has 0 spiro atoms. The number of nitrogens with one attached hydrogen (secondary N) is 2. The molecule has 0 fully saturated rings. The third-order valence-electron chi connectivity index (χ3n) is 9.88. The quantitative estimate of drug-likeness (QED) is 0.0826. The summed E-state index contributed by atoms with van der Waals surface area (Å²) in [6, 6.07) is 33.9. The van der Waals surface area contributed by atoms with Crippen LogP contribution in [0.5, 0.6) is 23.0 Å². The molecule has 0 saturated carbocycles. The first-order valence-corrected chi connectivity index (χ1v) is 21.4. The highest BCUT2D eigenvalue weighted by molar-refractivity contribution is 6.32. The van der Waals surface area contributed by atoms with Gasteiger partial charge in [-0.3, -0.25) is 19.9 Å². The van der Waals surface area contributed by atoms with Gasteiger partial charge in [-0.05, 0) is 98.6 Å². The smallest absolute Gasteiger partial charge is 0.144 e. The van der Waals surface area contributed by atoms with Crippen molar-refractivity contribution in [2.24, 2.45) is 0 Å². The molecule has 0 unspecified atom stereocenters. The van der Waals surface area contributed by atoms with Crippen molar-refractivity contribution >= 4 is 73.4 Å². The van der Waals surface area contributed by atoms with Gasteiger partial charge in [-0.2, -0.15) is 10.5 Å². The number of rotatable bonds is 15. The van der Waals surface area contributed by atoms with E-state index >= 15 is 0 Å². The van der Waals surface area contributed by atoms with Crippen molar-refractivity contribution in [2.45, 2.75) is 40.4 Å². The summed E-state index contributed by atoms with van der Waals surface area (Å²) in [7, 11) is 0. The fourth-order valence-corrected chi connectivity index (χ4v) is 7.21. The molecule has 0 radical (unpaired) electrons. The summed E-state index contributed by atoms with van der Waals surface area (Å²) in [5.74, 6) is 2.46. The number of nitrogens with zero attached hydrogens (tertiary/aromatic N) is 6. The molecule has 0 amide bonds. The van der Waals surface area contributed by atoms with Crippen molar-refractivity contribution in [3.05, 3.63) is 160 Å². The second-order valence-electron chi connectivity index (χ2n) is 14.2. The molecule has 0 bridgehead atoms. The van der Waals surface area contributed by atoms with Crippen molar-refractivity contribution in [1.82, 2.24) is 19.9 Å². The second-order valence-corrected chi connectivity index (χ2v) is 15.0. The predicted octanol–water partition coefficient (Wildman–Crippen LogP) is 11.9. The molecule has 13 nitrogen and oxygen atoms in total. The number of hydrogen-bond acceptors (Lipinski definition) is 13. The van der Waals surface area contributed by atoms with Gasteiger partial charge in [-0.1, -0.05) is 42.3 Å². The molecular weight excluding hydrogens is 862 g/mol. The Balaban J connectivity index is 0.000000194. The minimum absolute atomic E-state index is 0.308. The van der Waals surface area contributed by atoms with Crippen molar-refractivity contribution in [3.8, 4) is 35.1 Å². The molecular formula is C50H43Cl2N9O4. The number of benzene rings is 4. The van der Waals surface area contributed by atoms with Crippen LogP contribution in [0, 0.1) is 22.7 Å². The molecule has 326 valence electrons. The van der Waals surface area contributed by atoms with Crippen LogP contribution in [0.15, 0.2) is 122 Å². The highest BCUT2D eigenvalue weighted by atomic mass is 35.5. The van der Waals surface area contributed by atoms with Crippen LogP contribution in [0.1, 0.15) is 48.8 Å². The lowest BCUT2D eigenvalue weighted by atomic mass is 10.0. The molecule has 0 aliphatic carbocycles. The molecule has 4 aromatic heterocycles. The van der Waals surface area contributed by atoms with Gasteiger partial charge in [0, 0.05) is 59.1 Å². The van der Waals surface area contributed by atoms with Crippen LogP contribution >= 0.6 is 23.2 Å². The number of aromatic nitrogens is 4. The van der Waals surface area contributed by atoms with E-state index in [1.54, 1.807) is 55.0 Å². The van der Waals surface area contributed by atoms with Crippen LogP contribution in [-0.4, -0.2) is 33.1 Å². The average Bonchev–Trinajstić information content (AvgIpc) is 3.32. The Kier molecular flexibility index (Phi) is 14.9. The van der Waals surface area contributed by atoms with E-state index in [4.69, 9.17) is 47.9 Å². The number of pyridine rings is 4. The molecule has 4 aromatic carbocycles. The van der Waals surface area contributed by atoms with Gasteiger partial charge in [0.25, 0.3) is 0 Å². The van der Waals surface area contributed by atoms with Crippen LogP contribution in [0.4, 0.5) is 28.4 Å². The molecule has 0 aliphatic rings. The summed E-state index contributed by atoms with van der Waals surface area (Å²) in [4.78, 5) is 17.3. The first kappa shape index (κ1) is 45.2. The van der Waals surface area contributed by atoms with Crippen LogP contribution in [0.2, 0.25) is 10.0 Å². The van der Waals surface area contributed by atoms with Gasteiger partial charge in [-0.15, -0.1) is 0 Å². The van der Waals surface area contributed by atoms with E-state index in [9.17, 15) is 10.5 Å². The maximum absolute atomic E-state index is 9.69. The summed E-state index contributed by atoms with van der Waals surface area (Å²) in [5.41, 5.74) is 14.2.